The molecule has 2 rings (SSSR count). The van der Waals surface area contributed by atoms with Crippen molar-refractivity contribution < 1.29 is 5.11 Å². The lowest BCUT2D eigenvalue weighted by Crippen LogP contribution is -2.13. The molecule has 0 saturated heterocycles. The zero-order chi connectivity index (χ0) is 13.3. The minimum Gasteiger partial charge on any atom is -0.507 e. The minimum absolute atomic E-state index is 0.108. The number of aryl methyl sites for hydroxylation is 1. The smallest absolute Gasteiger partial charge is 0.255 e. The maximum absolute atomic E-state index is 11.8. The molecule has 1 aromatic heterocycles. The van der Waals surface area contributed by atoms with Crippen LogP contribution in [0.25, 0.3) is 11.3 Å². The third-order valence-corrected chi connectivity index (χ3v) is 3.22. The molecule has 1 aromatic carbocycles. The molecule has 0 aliphatic rings. The summed E-state index contributed by atoms with van der Waals surface area (Å²) in [5, 5.41) is 10.1. The summed E-state index contributed by atoms with van der Waals surface area (Å²) in [6, 6.07) is 7.89. The molecule has 0 unspecified atom stereocenters. The van der Waals surface area contributed by atoms with E-state index < -0.39 is 0 Å². The predicted octanol–water partition coefficient (Wildman–Crippen LogP) is 2.93. The van der Waals surface area contributed by atoms with Crippen LogP contribution >= 0.6 is 0 Å². The van der Waals surface area contributed by atoms with Crippen LogP contribution in [-0.4, -0.2) is 10.1 Å². The van der Waals surface area contributed by atoms with Gasteiger partial charge in [0.2, 0.25) is 0 Å². The molecule has 2 N–H and O–H groups in total. The number of nitrogens with one attached hydrogen (secondary N) is 1. The Morgan fingerprint density at radius 3 is 2.33 bits per heavy atom. The Bertz CT molecular complexity index is 624. The number of aromatic nitrogens is 1. The van der Waals surface area contributed by atoms with Gasteiger partial charge in [-0.2, -0.15) is 0 Å². The van der Waals surface area contributed by atoms with E-state index in [-0.39, 0.29) is 11.3 Å². The number of hydrogen-bond acceptors (Lipinski definition) is 2. The Morgan fingerprint density at radius 1 is 1.17 bits per heavy atom. The molecular weight excluding hydrogens is 226 g/mol. The highest BCUT2D eigenvalue weighted by Gasteiger charge is 2.13. The van der Waals surface area contributed by atoms with Crippen molar-refractivity contribution in [1.29, 1.82) is 0 Å². The Hall–Kier alpha value is -2.03. The predicted molar refractivity (Wildman–Crippen MR) is 73.0 cm³/mol. The van der Waals surface area contributed by atoms with E-state index in [1.807, 2.05) is 38.1 Å². The zero-order valence-electron chi connectivity index (χ0n) is 10.9. The highest BCUT2D eigenvalue weighted by atomic mass is 16.3. The lowest BCUT2D eigenvalue weighted by molar-refractivity contribution is 0.463. The van der Waals surface area contributed by atoms with Crippen LogP contribution in [0.5, 0.6) is 5.75 Å². The average molecular weight is 243 g/mol. The van der Waals surface area contributed by atoms with Crippen LogP contribution in [-0.2, 0) is 6.42 Å². The first-order valence-electron chi connectivity index (χ1n) is 6.06. The van der Waals surface area contributed by atoms with Crippen molar-refractivity contribution in [3.63, 3.8) is 0 Å². The van der Waals surface area contributed by atoms with E-state index in [9.17, 15) is 9.90 Å². The van der Waals surface area contributed by atoms with E-state index in [1.54, 1.807) is 6.92 Å². The van der Waals surface area contributed by atoms with Crippen molar-refractivity contribution in [2.24, 2.45) is 0 Å². The molecule has 0 aliphatic carbocycles. The first-order valence-corrected chi connectivity index (χ1v) is 6.06. The summed E-state index contributed by atoms with van der Waals surface area (Å²) in [5.41, 5.74) is 3.73. The summed E-state index contributed by atoms with van der Waals surface area (Å²) in [6.45, 7) is 5.61. The fourth-order valence-corrected chi connectivity index (χ4v) is 2.05. The molecule has 0 spiro atoms. The summed E-state index contributed by atoms with van der Waals surface area (Å²) in [6.07, 6.45) is 0.673. The lowest BCUT2D eigenvalue weighted by Gasteiger charge is -2.12. The second kappa shape index (κ2) is 4.69. The van der Waals surface area contributed by atoms with Crippen molar-refractivity contribution in [2.45, 2.75) is 27.2 Å². The fourth-order valence-electron chi connectivity index (χ4n) is 2.05. The largest absolute Gasteiger partial charge is 0.507 e. The van der Waals surface area contributed by atoms with Crippen LogP contribution < -0.4 is 5.56 Å². The van der Waals surface area contributed by atoms with Crippen molar-refractivity contribution in [3.8, 4) is 17.0 Å². The summed E-state index contributed by atoms with van der Waals surface area (Å²) < 4.78 is 0. The van der Waals surface area contributed by atoms with Gasteiger partial charge in [0.15, 0.2) is 0 Å². The van der Waals surface area contributed by atoms with Gasteiger partial charge < -0.3 is 10.1 Å². The molecule has 18 heavy (non-hydrogen) atoms. The highest BCUT2D eigenvalue weighted by molar-refractivity contribution is 5.67. The van der Waals surface area contributed by atoms with Gasteiger partial charge in [-0.1, -0.05) is 36.8 Å². The summed E-state index contributed by atoms with van der Waals surface area (Å²) in [7, 11) is 0. The van der Waals surface area contributed by atoms with Crippen molar-refractivity contribution in [3.05, 3.63) is 51.3 Å². The molecule has 0 amide bonds. The summed E-state index contributed by atoms with van der Waals surface area (Å²) in [4.78, 5) is 14.6. The van der Waals surface area contributed by atoms with E-state index in [0.29, 0.717) is 17.7 Å². The van der Waals surface area contributed by atoms with Gasteiger partial charge in [0.25, 0.3) is 5.56 Å². The van der Waals surface area contributed by atoms with Gasteiger partial charge in [0.1, 0.15) is 5.75 Å². The maximum atomic E-state index is 11.8. The normalized spacial score (nSPS) is 10.6. The molecule has 2 aromatic rings. The van der Waals surface area contributed by atoms with Crippen LogP contribution in [0.3, 0.4) is 0 Å². The highest BCUT2D eigenvalue weighted by Crippen LogP contribution is 2.29. The standard InChI is InChI=1S/C15H17NO2/c1-4-12-13(11-7-5-9(2)6-8-11)16-15(18)10(3)14(12)17/h5-8H,4H2,1-3H3,(H2,16,17,18). The Balaban J connectivity index is 2.71. The number of rotatable bonds is 2. The molecule has 0 aliphatic heterocycles. The van der Waals surface area contributed by atoms with Gasteiger partial charge in [-0.05, 0) is 25.8 Å². The minimum atomic E-state index is -0.236. The zero-order valence-corrected chi connectivity index (χ0v) is 10.9. The monoisotopic (exact) mass is 243 g/mol. The maximum Gasteiger partial charge on any atom is 0.255 e. The Kier molecular flexibility index (Phi) is 3.24. The van der Waals surface area contributed by atoms with Gasteiger partial charge in [-0.15, -0.1) is 0 Å². The average Bonchev–Trinajstić information content (AvgIpc) is 2.37. The second-order valence-electron chi connectivity index (χ2n) is 4.50. The van der Waals surface area contributed by atoms with Crippen LogP contribution in [0.4, 0.5) is 0 Å². The number of benzene rings is 1. The number of aromatic hydroxyl groups is 1. The molecule has 94 valence electrons. The number of aromatic amines is 1. The number of H-pyrrole nitrogens is 1. The quantitative estimate of drug-likeness (QED) is 0.852. The third kappa shape index (κ3) is 2.04. The van der Waals surface area contributed by atoms with E-state index >= 15 is 0 Å². The molecule has 0 atom stereocenters. The molecule has 0 saturated carbocycles. The van der Waals surface area contributed by atoms with E-state index in [2.05, 4.69) is 4.98 Å². The molecular formula is C15H17NO2. The van der Waals surface area contributed by atoms with E-state index in [0.717, 1.165) is 16.7 Å². The van der Waals surface area contributed by atoms with Crippen molar-refractivity contribution >= 4 is 0 Å². The van der Waals surface area contributed by atoms with Gasteiger partial charge in [-0.3, -0.25) is 4.79 Å². The molecule has 0 fully saturated rings. The van der Waals surface area contributed by atoms with Crippen LogP contribution in [0.1, 0.15) is 23.6 Å². The van der Waals surface area contributed by atoms with Crippen LogP contribution in [0, 0.1) is 13.8 Å². The topological polar surface area (TPSA) is 53.1 Å². The van der Waals surface area contributed by atoms with Crippen LogP contribution in [0.2, 0.25) is 0 Å². The molecule has 3 heteroatoms. The number of hydrogen-bond donors (Lipinski definition) is 2. The summed E-state index contributed by atoms with van der Waals surface area (Å²) >= 11 is 0. The molecule has 3 nitrogen and oxygen atoms in total. The van der Waals surface area contributed by atoms with Gasteiger partial charge in [0, 0.05) is 5.56 Å². The molecule has 0 radical (unpaired) electrons. The second-order valence-corrected chi connectivity index (χ2v) is 4.50. The lowest BCUT2D eigenvalue weighted by atomic mass is 10.0. The Morgan fingerprint density at radius 2 is 1.78 bits per heavy atom. The third-order valence-electron chi connectivity index (χ3n) is 3.22. The Labute approximate surface area is 106 Å². The van der Waals surface area contributed by atoms with Gasteiger partial charge >= 0.3 is 0 Å². The first kappa shape index (κ1) is 12.4. The van der Waals surface area contributed by atoms with Gasteiger partial charge in [0.05, 0.1) is 11.3 Å². The van der Waals surface area contributed by atoms with Crippen LogP contribution in [0.15, 0.2) is 29.1 Å². The van der Waals surface area contributed by atoms with E-state index in [1.165, 1.54) is 0 Å². The number of pyridine rings is 1. The molecule has 0 bridgehead atoms. The SMILES string of the molecule is CCc1c(-c2ccc(C)cc2)[nH]c(=O)c(C)c1O. The fraction of sp³-hybridized carbons (Fsp3) is 0.267. The van der Waals surface area contributed by atoms with Gasteiger partial charge in [-0.25, -0.2) is 0 Å². The van der Waals surface area contributed by atoms with Crippen molar-refractivity contribution in [1.82, 2.24) is 4.98 Å². The van der Waals surface area contributed by atoms with E-state index in [4.69, 9.17) is 0 Å². The summed E-state index contributed by atoms with van der Waals surface area (Å²) in [5.74, 6) is 0.108. The van der Waals surface area contributed by atoms with Crippen molar-refractivity contribution in [2.75, 3.05) is 0 Å². The molecule has 1 heterocycles. The first-order chi connectivity index (χ1) is 8.54.